The highest BCUT2D eigenvalue weighted by molar-refractivity contribution is 5.71. The van der Waals surface area contributed by atoms with Crippen LogP contribution in [0.15, 0.2) is 194 Å². The predicted octanol–water partition coefficient (Wildman–Crippen LogP) is 21.4. The standard InChI is InChI=1S/C73H110O6/c1-4-7-10-13-16-19-22-25-28-31-34-36-39-42-45-48-51-54-57-60-63-66-72(75)78-69-70(68-77-71(74)65-62-59-56-53-50-47-44-41-38-33-30-27-24-21-18-15-12-9-6-3)79-73(76)67-64-61-58-55-52-49-46-43-40-37-35-32-29-26-23-20-17-14-11-8-5-2/h7-12,16-21,25-30,34-38,41-43,45-47,50-51,54,70H,4-6,13-15,22-24,31-33,39-40,44,48-49,52-53,55-69H2,1-3H3/b10-7-,11-8-,12-9-,19-16-,20-17-,21-18-,28-25-,29-26-,30-27-,36-34-,37-35-,41-38-,45-42-,46-43-,50-47-,54-51-. The zero-order chi connectivity index (χ0) is 57.1. The second kappa shape index (κ2) is 64.8. The third-order valence-electron chi connectivity index (χ3n) is 12.1. The Balaban J connectivity index is 4.62. The van der Waals surface area contributed by atoms with E-state index in [2.05, 4.69) is 215 Å². The fourth-order valence-electron chi connectivity index (χ4n) is 7.56. The van der Waals surface area contributed by atoms with Gasteiger partial charge in [-0.2, -0.15) is 0 Å². The molecule has 6 heteroatoms. The van der Waals surface area contributed by atoms with Crippen LogP contribution in [-0.4, -0.2) is 37.2 Å². The van der Waals surface area contributed by atoms with Gasteiger partial charge in [0.1, 0.15) is 13.2 Å². The van der Waals surface area contributed by atoms with E-state index in [9.17, 15) is 14.4 Å². The van der Waals surface area contributed by atoms with Gasteiger partial charge in [0.2, 0.25) is 0 Å². The molecule has 0 aliphatic carbocycles. The third-order valence-corrected chi connectivity index (χ3v) is 12.1. The number of carbonyl (C=O) groups excluding carboxylic acids is 3. The number of unbranched alkanes of at least 4 members (excludes halogenated alkanes) is 10. The average molecular weight is 1080 g/mol. The monoisotopic (exact) mass is 1080 g/mol. The summed E-state index contributed by atoms with van der Waals surface area (Å²) in [5, 5.41) is 0. The molecule has 0 spiro atoms. The Morgan fingerprint density at radius 3 is 0.747 bits per heavy atom. The van der Waals surface area contributed by atoms with E-state index >= 15 is 0 Å². The van der Waals surface area contributed by atoms with Crippen LogP contribution in [0.3, 0.4) is 0 Å². The lowest BCUT2D eigenvalue weighted by Crippen LogP contribution is -2.30. The minimum Gasteiger partial charge on any atom is -0.462 e. The first-order valence-electron chi connectivity index (χ1n) is 30.9. The molecule has 438 valence electrons. The SMILES string of the molecule is CC/C=C\C/C=C\C/C=C\C/C=C\C/C=C\C/C=C\CCCCC(=O)OCC(COC(=O)CCCCC/C=C\C/C=C\C/C=C\C/C=C\C/C=C\CC)OC(=O)CCCCCCC/C=C\C/C=C\C/C=C\C/C=C\C/C=C\CC. The molecular weight excluding hydrogens is 973 g/mol. The van der Waals surface area contributed by atoms with Crippen molar-refractivity contribution >= 4 is 17.9 Å². The average Bonchev–Trinajstić information content (AvgIpc) is 3.45. The summed E-state index contributed by atoms with van der Waals surface area (Å²) in [6.07, 6.45) is 98.5. The van der Waals surface area contributed by atoms with Gasteiger partial charge in [-0.1, -0.05) is 241 Å². The Kier molecular flexibility index (Phi) is 60.1. The van der Waals surface area contributed by atoms with Crippen LogP contribution < -0.4 is 0 Å². The molecule has 0 aromatic heterocycles. The summed E-state index contributed by atoms with van der Waals surface area (Å²) in [6, 6.07) is 0. The second-order valence-corrected chi connectivity index (χ2v) is 19.5. The van der Waals surface area contributed by atoms with Gasteiger partial charge in [-0.25, -0.2) is 0 Å². The molecular formula is C73H110O6. The van der Waals surface area contributed by atoms with Crippen LogP contribution in [0.2, 0.25) is 0 Å². The van der Waals surface area contributed by atoms with Crippen molar-refractivity contribution in [3.63, 3.8) is 0 Å². The summed E-state index contributed by atoms with van der Waals surface area (Å²) in [5.74, 6) is -1.03. The summed E-state index contributed by atoms with van der Waals surface area (Å²) < 4.78 is 16.8. The highest BCUT2D eigenvalue weighted by Gasteiger charge is 2.19. The molecule has 0 aliphatic heterocycles. The summed E-state index contributed by atoms with van der Waals surface area (Å²) in [5.41, 5.74) is 0. The lowest BCUT2D eigenvalue weighted by Gasteiger charge is -2.18. The van der Waals surface area contributed by atoms with Crippen molar-refractivity contribution in [3.8, 4) is 0 Å². The summed E-state index contributed by atoms with van der Waals surface area (Å²) >= 11 is 0. The number of carbonyl (C=O) groups is 3. The van der Waals surface area contributed by atoms with Gasteiger partial charge in [0, 0.05) is 19.3 Å². The normalized spacial score (nSPS) is 13.5. The van der Waals surface area contributed by atoms with Gasteiger partial charge in [-0.05, 0) is 161 Å². The van der Waals surface area contributed by atoms with Crippen LogP contribution in [0.25, 0.3) is 0 Å². The van der Waals surface area contributed by atoms with Crippen LogP contribution in [0.1, 0.15) is 226 Å². The maximum absolute atomic E-state index is 12.9. The Morgan fingerprint density at radius 1 is 0.253 bits per heavy atom. The maximum Gasteiger partial charge on any atom is 0.306 e. The first-order valence-corrected chi connectivity index (χ1v) is 30.9. The van der Waals surface area contributed by atoms with Crippen molar-refractivity contribution in [2.45, 2.75) is 232 Å². The number of esters is 3. The highest BCUT2D eigenvalue weighted by atomic mass is 16.6. The van der Waals surface area contributed by atoms with Crippen LogP contribution >= 0.6 is 0 Å². The van der Waals surface area contributed by atoms with Gasteiger partial charge in [-0.15, -0.1) is 0 Å². The van der Waals surface area contributed by atoms with Gasteiger partial charge >= 0.3 is 17.9 Å². The molecule has 0 N–H and O–H groups in total. The second-order valence-electron chi connectivity index (χ2n) is 19.5. The number of rotatable bonds is 53. The van der Waals surface area contributed by atoms with Crippen LogP contribution in [0, 0.1) is 0 Å². The van der Waals surface area contributed by atoms with E-state index in [0.29, 0.717) is 12.8 Å². The van der Waals surface area contributed by atoms with Crippen molar-refractivity contribution in [1.82, 2.24) is 0 Å². The van der Waals surface area contributed by atoms with Crippen molar-refractivity contribution in [2.75, 3.05) is 13.2 Å². The Labute approximate surface area is 484 Å². The Bertz CT molecular complexity index is 1920. The number of hydrogen-bond acceptors (Lipinski definition) is 6. The lowest BCUT2D eigenvalue weighted by atomic mass is 10.1. The molecule has 1 atom stereocenters. The largest absolute Gasteiger partial charge is 0.462 e. The topological polar surface area (TPSA) is 78.9 Å². The van der Waals surface area contributed by atoms with Crippen LogP contribution in [0.4, 0.5) is 0 Å². The highest BCUT2D eigenvalue weighted by Crippen LogP contribution is 2.12. The Morgan fingerprint density at radius 2 is 0.456 bits per heavy atom. The first-order chi connectivity index (χ1) is 39.0. The van der Waals surface area contributed by atoms with Gasteiger partial charge in [0.15, 0.2) is 6.10 Å². The van der Waals surface area contributed by atoms with Crippen molar-refractivity contribution in [3.05, 3.63) is 194 Å². The van der Waals surface area contributed by atoms with Gasteiger partial charge in [0.25, 0.3) is 0 Å². The zero-order valence-corrected chi connectivity index (χ0v) is 50.0. The molecule has 0 heterocycles. The van der Waals surface area contributed by atoms with E-state index in [1.165, 1.54) is 0 Å². The molecule has 1 unspecified atom stereocenters. The fourth-order valence-corrected chi connectivity index (χ4v) is 7.56. The summed E-state index contributed by atoms with van der Waals surface area (Å²) in [4.78, 5) is 38.3. The van der Waals surface area contributed by atoms with Crippen molar-refractivity contribution < 1.29 is 28.6 Å². The number of ether oxygens (including phenoxy) is 3. The van der Waals surface area contributed by atoms with Gasteiger partial charge in [-0.3, -0.25) is 14.4 Å². The van der Waals surface area contributed by atoms with Crippen LogP contribution in [0.5, 0.6) is 0 Å². The van der Waals surface area contributed by atoms with Crippen molar-refractivity contribution in [1.29, 1.82) is 0 Å². The predicted molar refractivity (Wildman–Crippen MR) is 343 cm³/mol. The third kappa shape index (κ3) is 63.0. The quantitative estimate of drug-likeness (QED) is 0.0261. The van der Waals surface area contributed by atoms with E-state index < -0.39 is 6.10 Å². The van der Waals surface area contributed by atoms with E-state index in [1.54, 1.807) is 0 Å². The molecule has 0 amide bonds. The lowest BCUT2D eigenvalue weighted by molar-refractivity contribution is -0.167. The smallest absolute Gasteiger partial charge is 0.306 e. The summed E-state index contributed by atoms with van der Waals surface area (Å²) in [7, 11) is 0. The van der Waals surface area contributed by atoms with Crippen molar-refractivity contribution in [2.24, 2.45) is 0 Å². The molecule has 0 aromatic rings. The molecule has 79 heavy (non-hydrogen) atoms. The zero-order valence-electron chi connectivity index (χ0n) is 50.0. The van der Waals surface area contributed by atoms with E-state index in [-0.39, 0.29) is 44.0 Å². The minimum atomic E-state index is -0.835. The Hall–Kier alpha value is -5.75. The number of hydrogen-bond donors (Lipinski definition) is 0. The number of allylic oxidation sites excluding steroid dienone is 32. The fraction of sp³-hybridized carbons (Fsp3) is 0.521. The molecule has 0 saturated heterocycles. The molecule has 6 nitrogen and oxygen atoms in total. The molecule has 0 bridgehead atoms. The molecule has 0 saturated carbocycles. The molecule has 0 aliphatic rings. The molecule has 0 rings (SSSR count). The first kappa shape index (κ1) is 73.2. The van der Waals surface area contributed by atoms with E-state index in [1.807, 2.05) is 0 Å². The van der Waals surface area contributed by atoms with E-state index in [4.69, 9.17) is 14.2 Å². The molecule has 0 aromatic carbocycles. The van der Waals surface area contributed by atoms with Gasteiger partial charge in [0.05, 0.1) is 0 Å². The minimum absolute atomic E-state index is 0.129. The van der Waals surface area contributed by atoms with Crippen LogP contribution in [-0.2, 0) is 28.6 Å². The molecule has 0 fully saturated rings. The maximum atomic E-state index is 12.9. The van der Waals surface area contributed by atoms with E-state index in [0.717, 1.165) is 180 Å². The van der Waals surface area contributed by atoms with Gasteiger partial charge < -0.3 is 14.2 Å². The summed E-state index contributed by atoms with van der Waals surface area (Å²) in [6.45, 7) is 6.20. The molecule has 0 radical (unpaired) electrons.